The summed E-state index contributed by atoms with van der Waals surface area (Å²) in [5.74, 6) is 0.525. The Kier molecular flexibility index (Phi) is 3.92. The quantitative estimate of drug-likeness (QED) is 0.797. The van der Waals surface area contributed by atoms with Crippen molar-refractivity contribution in [1.82, 2.24) is 0 Å². The molecule has 0 saturated heterocycles. The van der Waals surface area contributed by atoms with Gasteiger partial charge in [-0.25, -0.2) is 0 Å². The van der Waals surface area contributed by atoms with Crippen molar-refractivity contribution < 1.29 is 5.11 Å². The maximum absolute atomic E-state index is 9.66. The Balaban J connectivity index is 2.54. The summed E-state index contributed by atoms with van der Waals surface area (Å²) in [6.07, 6.45) is 1.88. The Morgan fingerprint density at radius 3 is 2.20 bits per heavy atom. The van der Waals surface area contributed by atoms with Crippen LogP contribution in [0.1, 0.15) is 50.7 Å². The number of hydrogen-bond acceptors (Lipinski definition) is 1. The van der Waals surface area contributed by atoms with Gasteiger partial charge in [-0.3, -0.25) is 0 Å². The minimum Gasteiger partial charge on any atom is -0.390 e. The summed E-state index contributed by atoms with van der Waals surface area (Å²) < 4.78 is 0. The molecule has 0 spiro atoms. The molecule has 0 aliphatic carbocycles. The van der Waals surface area contributed by atoms with Gasteiger partial charge in [-0.2, -0.15) is 0 Å². The van der Waals surface area contributed by atoms with Gasteiger partial charge in [0.15, 0.2) is 0 Å². The van der Waals surface area contributed by atoms with E-state index in [0.717, 1.165) is 12.8 Å². The summed E-state index contributed by atoms with van der Waals surface area (Å²) in [4.78, 5) is 0. The van der Waals surface area contributed by atoms with Crippen molar-refractivity contribution in [3.63, 3.8) is 0 Å². The summed E-state index contributed by atoms with van der Waals surface area (Å²) >= 11 is 0. The van der Waals surface area contributed by atoms with Crippen molar-refractivity contribution in [1.29, 1.82) is 0 Å². The normalized spacial score (nSPS) is 13.9. The highest BCUT2D eigenvalue weighted by Crippen LogP contribution is 2.24. The highest BCUT2D eigenvalue weighted by molar-refractivity contribution is 5.23. The number of hydrogen-bond donors (Lipinski definition) is 1. The summed E-state index contributed by atoms with van der Waals surface area (Å²) in [5, 5.41) is 9.66. The van der Waals surface area contributed by atoms with Crippen molar-refractivity contribution in [2.45, 2.75) is 52.1 Å². The first-order valence-corrected chi connectivity index (χ1v) is 5.67. The van der Waals surface area contributed by atoms with Gasteiger partial charge >= 0.3 is 0 Å². The van der Waals surface area contributed by atoms with Crippen molar-refractivity contribution in [3.8, 4) is 0 Å². The highest BCUT2D eigenvalue weighted by Gasteiger charge is 2.15. The van der Waals surface area contributed by atoms with E-state index in [1.807, 2.05) is 13.8 Å². The van der Waals surface area contributed by atoms with Gasteiger partial charge in [0.25, 0.3) is 0 Å². The molecule has 1 N–H and O–H groups in total. The van der Waals surface area contributed by atoms with Gasteiger partial charge in [-0.15, -0.1) is 0 Å². The average molecular weight is 206 g/mol. The Morgan fingerprint density at radius 1 is 1.20 bits per heavy atom. The lowest BCUT2D eigenvalue weighted by atomic mass is 9.91. The van der Waals surface area contributed by atoms with E-state index >= 15 is 0 Å². The fraction of sp³-hybridized carbons (Fsp3) is 0.571. The molecule has 0 aliphatic rings. The molecule has 0 aliphatic heterocycles. The fourth-order valence-electron chi connectivity index (χ4n) is 1.63. The molecular formula is C14H22O. The maximum atomic E-state index is 9.66. The number of aryl methyl sites for hydroxylation is 1. The molecular weight excluding hydrogens is 184 g/mol. The third-order valence-corrected chi connectivity index (χ3v) is 2.84. The number of rotatable bonds is 4. The molecule has 1 unspecified atom stereocenters. The first-order chi connectivity index (χ1) is 6.88. The zero-order valence-corrected chi connectivity index (χ0v) is 10.2. The van der Waals surface area contributed by atoms with Crippen LogP contribution in [0.15, 0.2) is 24.3 Å². The minimum atomic E-state index is -0.543. The largest absolute Gasteiger partial charge is 0.390 e. The van der Waals surface area contributed by atoms with Crippen LogP contribution < -0.4 is 0 Å². The van der Waals surface area contributed by atoms with Crippen molar-refractivity contribution in [2.24, 2.45) is 0 Å². The van der Waals surface area contributed by atoms with Crippen LogP contribution >= 0.6 is 0 Å². The van der Waals surface area contributed by atoms with E-state index in [1.165, 1.54) is 11.1 Å². The lowest BCUT2D eigenvalue weighted by Gasteiger charge is -2.20. The molecule has 0 heterocycles. The first kappa shape index (κ1) is 12.3. The molecule has 1 aromatic carbocycles. The molecule has 84 valence electrons. The van der Waals surface area contributed by atoms with Gasteiger partial charge in [-0.05, 0) is 45.1 Å². The van der Waals surface area contributed by atoms with Crippen LogP contribution in [0.4, 0.5) is 0 Å². The third kappa shape index (κ3) is 4.48. The molecule has 1 nitrogen and oxygen atoms in total. The molecule has 1 heteroatoms. The van der Waals surface area contributed by atoms with Crippen molar-refractivity contribution >= 4 is 0 Å². The van der Waals surface area contributed by atoms with Gasteiger partial charge in [0.05, 0.1) is 5.60 Å². The average Bonchev–Trinajstić information content (AvgIpc) is 2.14. The predicted molar refractivity (Wildman–Crippen MR) is 65.1 cm³/mol. The molecule has 0 radical (unpaired) electrons. The lowest BCUT2D eigenvalue weighted by Crippen LogP contribution is -2.18. The third-order valence-electron chi connectivity index (χ3n) is 2.84. The zero-order valence-electron chi connectivity index (χ0n) is 10.2. The lowest BCUT2D eigenvalue weighted by molar-refractivity contribution is 0.0670. The second-order valence-electron chi connectivity index (χ2n) is 5.16. The first-order valence-electron chi connectivity index (χ1n) is 5.67. The van der Waals surface area contributed by atoms with Gasteiger partial charge in [0.1, 0.15) is 0 Å². The van der Waals surface area contributed by atoms with Crippen LogP contribution in [0, 0.1) is 6.92 Å². The highest BCUT2D eigenvalue weighted by atomic mass is 16.3. The van der Waals surface area contributed by atoms with E-state index in [1.54, 1.807) is 0 Å². The van der Waals surface area contributed by atoms with Crippen LogP contribution in [0.3, 0.4) is 0 Å². The van der Waals surface area contributed by atoms with Crippen LogP contribution in [-0.4, -0.2) is 10.7 Å². The van der Waals surface area contributed by atoms with Gasteiger partial charge < -0.3 is 5.11 Å². The second-order valence-corrected chi connectivity index (χ2v) is 5.16. The fourth-order valence-corrected chi connectivity index (χ4v) is 1.63. The summed E-state index contributed by atoms with van der Waals surface area (Å²) in [5.41, 5.74) is 2.12. The van der Waals surface area contributed by atoms with E-state index in [-0.39, 0.29) is 0 Å². The summed E-state index contributed by atoms with van der Waals surface area (Å²) in [6.45, 7) is 8.06. The minimum absolute atomic E-state index is 0.525. The van der Waals surface area contributed by atoms with Crippen molar-refractivity contribution in [2.75, 3.05) is 0 Å². The van der Waals surface area contributed by atoms with Gasteiger partial charge in [0, 0.05) is 0 Å². The van der Waals surface area contributed by atoms with E-state index < -0.39 is 5.60 Å². The van der Waals surface area contributed by atoms with Crippen LogP contribution in [0.2, 0.25) is 0 Å². The van der Waals surface area contributed by atoms with Crippen molar-refractivity contribution in [3.05, 3.63) is 35.4 Å². The molecule has 1 aromatic rings. The number of benzene rings is 1. The van der Waals surface area contributed by atoms with E-state index in [2.05, 4.69) is 38.1 Å². The zero-order chi connectivity index (χ0) is 11.5. The Labute approximate surface area is 93.1 Å². The second kappa shape index (κ2) is 4.80. The van der Waals surface area contributed by atoms with Crippen LogP contribution in [-0.2, 0) is 0 Å². The Bertz CT molecular complexity index is 292. The van der Waals surface area contributed by atoms with E-state index in [0.29, 0.717) is 5.92 Å². The smallest absolute Gasteiger partial charge is 0.0592 e. The predicted octanol–water partition coefficient (Wildman–Crippen LogP) is 3.65. The monoisotopic (exact) mass is 206 g/mol. The van der Waals surface area contributed by atoms with Crippen LogP contribution in [0.25, 0.3) is 0 Å². The molecule has 15 heavy (non-hydrogen) atoms. The molecule has 1 rings (SSSR count). The summed E-state index contributed by atoms with van der Waals surface area (Å²) in [7, 11) is 0. The van der Waals surface area contributed by atoms with Crippen LogP contribution in [0.5, 0.6) is 0 Å². The Hall–Kier alpha value is -0.820. The molecule has 1 atom stereocenters. The summed E-state index contributed by atoms with van der Waals surface area (Å²) in [6, 6.07) is 8.67. The van der Waals surface area contributed by atoms with E-state index in [4.69, 9.17) is 0 Å². The molecule has 0 fully saturated rings. The maximum Gasteiger partial charge on any atom is 0.0592 e. The molecule has 0 aromatic heterocycles. The standard InChI is InChI=1S/C14H22O/c1-11-5-7-13(8-6-11)12(2)9-10-14(3,4)15/h5-8,12,15H,9-10H2,1-4H3. The molecule has 0 amide bonds. The molecule has 0 bridgehead atoms. The number of aliphatic hydroxyl groups is 1. The molecule has 0 saturated carbocycles. The van der Waals surface area contributed by atoms with Gasteiger partial charge in [-0.1, -0.05) is 36.8 Å². The SMILES string of the molecule is Cc1ccc(C(C)CCC(C)(C)O)cc1. The van der Waals surface area contributed by atoms with Gasteiger partial charge in [0.2, 0.25) is 0 Å². The van der Waals surface area contributed by atoms with E-state index in [9.17, 15) is 5.11 Å². The topological polar surface area (TPSA) is 20.2 Å². The Morgan fingerprint density at radius 2 is 1.73 bits per heavy atom.